The fourth-order valence-electron chi connectivity index (χ4n) is 4.63. The van der Waals surface area contributed by atoms with Crippen molar-refractivity contribution in [1.82, 2.24) is 15.0 Å². The van der Waals surface area contributed by atoms with E-state index in [1.165, 1.54) is 0 Å². The van der Waals surface area contributed by atoms with Crippen LogP contribution >= 0.6 is 0 Å². The molecule has 1 saturated carbocycles. The average molecular weight is 301 g/mol. The number of imidazole rings is 1. The van der Waals surface area contributed by atoms with Crippen LogP contribution in [0.2, 0.25) is 0 Å². The molecular weight excluding hydrogens is 278 g/mol. The maximum Gasteiger partial charge on any atom is 0.139 e. The lowest BCUT2D eigenvalue weighted by Crippen LogP contribution is -2.55. The molecule has 5 unspecified atom stereocenters. The topological polar surface area (TPSA) is 62.5 Å². The molecule has 1 fully saturated rings. The van der Waals surface area contributed by atoms with Crippen LogP contribution in [0.25, 0.3) is 0 Å². The summed E-state index contributed by atoms with van der Waals surface area (Å²) in [4.78, 5) is 19.1. The van der Waals surface area contributed by atoms with Crippen molar-refractivity contribution >= 4 is 17.9 Å². The third kappa shape index (κ3) is 1.76. The highest BCUT2D eigenvalue weighted by Gasteiger charge is 2.50. The van der Waals surface area contributed by atoms with E-state index in [2.05, 4.69) is 38.8 Å². The van der Waals surface area contributed by atoms with Crippen LogP contribution in [-0.4, -0.2) is 27.8 Å². The van der Waals surface area contributed by atoms with Gasteiger partial charge in [-0.2, -0.15) is 5.10 Å². The molecule has 0 amide bonds. The zero-order valence-electron chi connectivity index (χ0n) is 13.4. The number of hydrogen-bond acceptors (Lipinski definition) is 5. The van der Waals surface area contributed by atoms with E-state index in [1.54, 1.807) is 6.92 Å². The quantitative estimate of drug-likeness (QED) is 0.906. The Morgan fingerprint density at radius 1 is 1.45 bits per heavy atom. The summed E-state index contributed by atoms with van der Waals surface area (Å²) in [6.07, 6.45) is 6.94. The minimum absolute atomic E-state index is 0.0796. The molecule has 6 nitrogen and oxygen atoms in total. The number of carbonyl (C=O) groups excluding carboxylic acids is 1. The van der Waals surface area contributed by atoms with Gasteiger partial charge in [0.1, 0.15) is 24.1 Å². The Hall–Kier alpha value is -1.85. The summed E-state index contributed by atoms with van der Waals surface area (Å²) >= 11 is 0. The van der Waals surface area contributed by atoms with Crippen LogP contribution in [0.3, 0.4) is 0 Å². The lowest BCUT2D eigenvalue weighted by atomic mass is 9.68. The van der Waals surface area contributed by atoms with E-state index in [4.69, 9.17) is 0 Å². The van der Waals surface area contributed by atoms with Gasteiger partial charge in [0.2, 0.25) is 0 Å². The van der Waals surface area contributed by atoms with E-state index in [9.17, 15) is 4.79 Å². The molecule has 1 aromatic heterocycles. The monoisotopic (exact) mass is 301 g/mol. The van der Waals surface area contributed by atoms with Crippen molar-refractivity contribution in [3.8, 4) is 0 Å². The van der Waals surface area contributed by atoms with E-state index >= 15 is 0 Å². The summed E-state index contributed by atoms with van der Waals surface area (Å²) in [5.41, 5.74) is 4.35. The predicted octanol–water partition coefficient (Wildman–Crippen LogP) is 1.93. The lowest BCUT2D eigenvalue weighted by molar-refractivity contribution is -0.125. The second kappa shape index (κ2) is 4.83. The maximum atomic E-state index is 12.3. The minimum Gasteiger partial charge on any atom is -0.313 e. The van der Waals surface area contributed by atoms with Gasteiger partial charge in [0, 0.05) is 11.8 Å². The molecule has 1 aromatic rings. The molecule has 0 bridgehead atoms. The van der Waals surface area contributed by atoms with E-state index in [0.717, 1.165) is 30.8 Å². The van der Waals surface area contributed by atoms with Gasteiger partial charge in [0.15, 0.2) is 0 Å². The summed E-state index contributed by atoms with van der Waals surface area (Å²) < 4.78 is 2.25. The zero-order valence-corrected chi connectivity index (χ0v) is 13.4. The fourth-order valence-corrected chi connectivity index (χ4v) is 4.63. The zero-order chi connectivity index (χ0) is 15.4. The van der Waals surface area contributed by atoms with Gasteiger partial charge in [-0.1, -0.05) is 13.8 Å². The van der Waals surface area contributed by atoms with Gasteiger partial charge in [0.05, 0.1) is 18.1 Å². The molecule has 3 heterocycles. The van der Waals surface area contributed by atoms with Crippen LogP contribution in [0, 0.1) is 17.8 Å². The molecule has 6 heteroatoms. The number of nitrogens with one attached hydrogen (secondary N) is 1. The standard InChI is InChI=1S/C16H23N5O/c1-4-13-16-20(7-17-13)14-11(10(3)22)5-9(2)6-12(14)15-19-18-8-21(15)16/h7-9,11-12,14-15,19H,4-6H2,1-3H3. The van der Waals surface area contributed by atoms with Gasteiger partial charge in [0.25, 0.3) is 0 Å². The smallest absolute Gasteiger partial charge is 0.139 e. The highest BCUT2D eigenvalue weighted by Crippen LogP contribution is 2.49. The molecule has 1 N–H and O–H groups in total. The molecule has 118 valence electrons. The molecule has 5 atom stereocenters. The summed E-state index contributed by atoms with van der Waals surface area (Å²) in [7, 11) is 0. The molecule has 1 aliphatic carbocycles. The SMILES string of the molecule is CCc1ncn2c1N1C=NNC1C1CC(C)CC(C(C)=O)C12. The van der Waals surface area contributed by atoms with Crippen LogP contribution < -0.4 is 10.3 Å². The first kappa shape index (κ1) is 13.8. The number of nitrogens with zero attached hydrogens (tertiary/aromatic N) is 4. The summed E-state index contributed by atoms with van der Waals surface area (Å²) in [6.45, 7) is 6.12. The van der Waals surface area contributed by atoms with E-state index in [1.807, 2.05) is 12.7 Å². The first-order chi connectivity index (χ1) is 10.6. The Labute approximate surface area is 130 Å². The van der Waals surface area contributed by atoms with Crippen molar-refractivity contribution in [2.75, 3.05) is 4.90 Å². The summed E-state index contributed by atoms with van der Waals surface area (Å²) in [6, 6.07) is 0.201. The third-order valence-electron chi connectivity index (χ3n) is 5.54. The van der Waals surface area contributed by atoms with Crippen molar-refractivity contribution in [3.63, 3.8) is 0 Å². The van der Waals surface area contributed by atoms with Crippen molar-refractivity contribution in [1.29, 1.82) is 0 Å². The molecular formula is C16H23N5O. The first-order valence-corrected chi connectivity index (χ1v) is 8.25. The minimum atomic E-state index is 0.0796. The number of aromatic nitrogens is 2. The Kier molecular flexibility index (Phi) is 3.03. The molecule has 0 spiro atoms. The van der Waals surface area contributed by atoms with Gasteiger partial charge in [-0.15, -0.1) is 0 Å². The number of hydrogen-bond donors (Lipinski definition) is 1. The number of carbonyl (C=O) groups is 1. The molecule has 4 rings (SSSR count). The number of fused-ring (bicyclic) bond motifs is 6. The maximum absolute atomic E-state index is 12.3. The number of aryl methyl sites for hydroxylation is 1. The molecule has 2 aliphatic heterocycles. The van der Waals surface area contributed by atoms with Crippen LogP contribution in [-0.2, 0) is 11.2 Å². The second-order valence-corrected chi connectivity index (χ2v) is 6.95. The summed E-state index contributed by atoms with van der Waals surface area (Å²) in [5.74, 6) is 2.44. The van der Waals surface area contributed by atoms with Gasteiger partial charge >= 0.3 is 0 Å². The highest BCUT2D eigenvalue weighted by atomic mass is 16.1. The number of Topliss-reactive ketones (excluding diaryl/α,β-unsaturated/α-hetero) is 1. The van der Waals surface area contributed by atoms with Gasteiger partial charge in [-0.05, 0) is 32.1 Å². The number of anilines is 1. The van der Waals surface area contributed by atoms with Gasteiger partial charge < -0.3 is 4.57 Å². The van der Waals surface area contributed by atoms with E-state index in [0.29, 0.717) is 17.6 Å². The highest BCUT2D eigenvalue weighted by molar-refractivity contribution is 5.83. The van der Waals surface area contributed by atoms with Gasteiger partial charge in [-0.25, -0.2) is 4.98 Å². The number of hydrazone groups is 1. The normalized spacial score (nSPS) is 35.6. The second-order valence-electron chi connectivity index (χ2n) is 6.95. The predicted molar refractivity (Wildman–Crippen MR) is 84.6 cm³/mol. The fraction of sp³-hybridized carbons (Fsp3) is 0.688. The summed E-state index contributed by atoms with van der Waals surface area (Å²) in [5, 5.41) is 4.29. The van der Waals surface area contributed by atoms with Crippen molar-refractivity contribution in [2.24, 2.45) is 22.9 Å². The molecule has 0 radical (unpaired) electrons. The Morgan fingerprint density at radius 3 is 3.00 bits per heavy atom. The third-order valence-corrected chi connectivity index (χ3v) is 5.54. The van der Waals surface area contributed by atoms with Crippen molar-refractivity contribution in [2.45, 2.75) is 52.2 Å². The molecule has 0 saturated heterocycles. The first-order valence-electron chi connectivity index (χ1n) is 8.25. The largest absolute Gasteiger partial charge is 0.313 e. The lowest BCUT2D eigenvalue weighted by Gasteiger charge is -2.49. The van der Waals surface area contributed by atoms with E-state index < -0.39 is 0 Å². The molecule has 22 heavy (non-hydrogen) atoms. The number of ketones is 1. The van der Waals surface area contributed by atoms with Crippen molar-refractivity contribution < 1.29 is 4.79 Å². The number of rotatable bonds is 2. The van der Waals surface area contributed by atoms with Crippen LogP contribution in [0.1, 0.15) is 45.3 Å². The average Bonchev–Trinajstić information content (AvgIpc) is 3.12. The van der Waals surface area contributed by atoms with Crippen LogP contribution in [0.5, 0.6) is 0 Å². The van der Waals surface area contributed by atoms with Gasteiger partial charge in [-0.3, -0.25) is 15.1 Å². The molecule has 0 aromatic carbocycles. The Balaban J connectivity index is 1.86. The van der Waals surface area contributed by atoms with E-state index in [-0.39, 0.29) is 18.1 Å². The molecule has 3 aliphatic rings. The Morgan fingerprint density at radius 2 is 2.27 bits per heavy atom. The van der Waals surface area contributed by atoms with Crippen LogP contribution in [0.15, 0.2) is 11.4 Å². The van der Waals surface area contributed by atoms with Crippen LogP contribution in [0.4, 0.5) is 5.82 Å². The Bertz CT molecular complexity index is 636. The van der Waals surface area contributed by atoms with Crippen molar-refractivity contribution in [3.05, 3.63) is 12.0 Å².